The Bertz CT molecular complexity index is 473. The van der Waals surface area contributed by atoms with E-state index in [-0.39, 0.29) is 0 Å². The Morgan fingerprint density at radius 2 is 2.31 bits per heavy atom. The van der Waals surface area contributed by atoms with Gasteiger partial charge in [-0.05, 0) is 18.2 Å². The van der Waals surface area contributed by atoms with E-state index >= 15 is 0 Å². The zero-order valence-electron chi connectivity index (χ0n) is 8.41. The minimum atomic E-state index is 0.481. The van der Waals surface area contributed by atoms with E-state index in [4.69, 9.17) is 11.6 Å². The smallest absolute Gasteiger partial charge is 0.116 e. The number of aromatic nitrogens is 2. The van der Waals surface area contributed by atoms with Crippen LogP contribution < -0.4 is 0 Å². The van der Waals surface area contributed by atoms with Crippen molar-refractivity contribution in [3.05, 3.63) is 46.5 Å². The Balaban J connectivity index is 1.96. The monoisotopic (exact) mass is 316 g/mol. The molecule has 84 valence electrons. The van der Waals surface area contributed by atoms with Crippen molar-refractivity contribution in [2.45, 2.75) is 16.5 Å². The first-order valence-electron chi connectivity index (χ1n) is 4.75. The number of hydrogen-bond acceptors (Lipinski definition) is 2. The molecule has 0 saturated heterocycles. The molecule has 0 amide bonds. The summed E-state index contributed by atoms with van der Waals surface area (Å²) < 4.78 is 1.10. The summed E-state index contributed by atoms with van der Waals surface area (Å²) in [6.07, 6.45) is 1.78. The van der Waals surface area contributed by atoms with Crippen LogP contribution in [0.25, 0.3) is 0 Å². The number of thioether (sulfide) groups is 1. The maximum Gasteiger partial charge on any atom is 0.116 e. The van der Waals surface area contributed by atoms with Gasteiger partial charge in [0, 0.05) is 21.3 Å². The predicted octanol–water partition coefficient (Wildman–Crippen LogP) is 4.20. The molecule has 16 heavy (non-hydrogen) atoms. The number of aromatic amines is 1. The van der Waals surface area contributed by atoms with Crippen molar-refractivity contribution < 1.29 is 0 Å². The van der Waals surface area contributed by atoms with Gasteiger partial charge in [0.2, 0.25) is 0 Å². The normalized spacial score (nSPS) is 10.6. The highest BCUT2D eigenvalue weighted by atomic mass is 79.9. The summed E-state index contributed by atoms with van der Waals surface area (Å²) in [6.45, 7) is 0. The van der Waals surface area contributed by atoms with E-state index < -0.39 is 0 Å². The fourth-order valence-corrected chi connectivity index (χ4v) is 2.78. The van der Waals surface area contributed by atoms with Crippen LogP contribution in [0, 0.1) is 0 Å². The van der Waals surface area contributed by atoms with Gasteiger partial charge in [0.15, 0.2) is 0 Å². The van der Waals surface area contributed by atoms with Crippen LogP contribution in [0.4, 0.5) is 0 Å². The zero-order valence-corrected chi connectivity index (χ0v) is 11.6. The van der Waals surface area contributed by atoms with E-state index in [9.17, 15) is 0 Å². The molecule has 0 aliphatic rings. The van der Waals surface area contributed by atoms with Crippen LogP contribution in [0.3, 0.4) is 0 Å². The van der Waals surface area contributed by atoms with Gasteiger partial charge in [-0.25, -0.2) is 4.98 Å². The molecule has 0 radical (unpaired) electrons. The third kappa shape index (κ3) is 3.27. The van der Waals surface area contributed by atoms with Crippen molar-refractivity contribution >= 4 is 39.3 Å². The minimum Gasteiger partial charge on any atom is -0.344 e. The summed E-state index contributed by atoms with van der Waals surface area (Å²) in [7, 11) is 0. The molecule has 2 aromatic rings. The van der Waals surface area contributed by atoms with Gasteiger partial charge in [0.1, 0.15) is 5.82 Å². The lowest BCUT2D eigenvalue weighted by Crippen LogP contribution is -1.84. The Hall–Kier alpha value is -0.450. The quantitative estimate of drug-likeness (QED) is 0.676. The number of imidazole rings is 1. The largest absolute Gasteiger partial charge is 0.344 e. The summed E-state index contributed by atoms with van der Waals surface area (Å²) in [5.41, 5.74) is 0.964. The molecule has 2 nitrogen and oxygen atoms in total. The average Bonchev–Trinajstić information content (AvgIpc) is 2.74. The molecule has 0 spiro atoms. The molecule has 5 heteroatoms. The van der Waals surface area contributed by atoms with Gasteiger partial charge in [-0.1, -0.05) is 22.0 Å². The molecule has 1 aromatic carbocycles. The third-order valence-corrected chi connectivity index (χ3v) is 3.78. The molecule has 0 aliphatic carbocycles. The number of alkyl halides is 1. The maximum atomic E-state index is 5.69. The van der Waals surface area contributed by atoms with Gasteiger partial charge in [0.05, 0.1) is 11.6 Å². The van der Waals surface area contributed by atoms with Gasteiger partial charge in [0.25, 0.3) is 0 Å². The van der Waals surface area contributed by atoms with E-state index in [0.29, 0.717) is 5.88 Å². The summed E-state index contributed by atoms with van der Waals surface area (Å²) in [5, 5.41) is 0. The number of hydrogen-bond donors (Lipinski definition) is 1. The minimum absolute atomic E-state index is 0.481. The topological polar surface area (TPSA) is 28.7 Å². The van der Waals surface area contributed by atoms with Crippen molar-refractivity contribution in [2.24, 2.45) is 0 Å². The summed E-state index contributed by atoms with van der Waals surface area (Å²) in [5.74, 6) is 2.27. The Morgan fingerprint density at radius 1 is 1.44 bits per heavy atom. The summed E-state index contributed by atoms with van der Waals surface area (Å²) in [6, 6.07) is 8.22. The van der Waals surface area contributed by atoms with E-state index in [1.54, 1.807) is 18.0 Å². The van der Waals surface area contributed by atoms with Crippen molar-refractivity contribution in [1.29, 1.82) is 0 Å². The summed E-state index contributed by atoms with van der Waals surface area (Å²) in [4.78, 5) is 8.64. The van der Waals surface area contributed by atoms with Crippen LogP contribution in [0.1, 0.15) is 11.5 Å². The SMILES string of the molecule is ClCc1cnc(CSc2cccc(Br)c2)[nH]1. The first-order valence-corrected chi connectivity index (χ1v) is 7.06. The highest BCUT2D eigenvalue weighted by Gasteiger charge is 2.01. The van der Waals surface area contributed by atoms with E-state index in [0.717, 1.165) is 21.7 Å². The molecule has 0 bridgehead atoms. The van der Waals surface area contributed by atoms with Crippen molar-refractivity contribution in [3.63, 3.8) is 0 Å². The number of nitrogens with one attached hydrogen (secondary N) is 1. The lowest BCUT2D eigenvalue weighted by molar-refractivity contribution is 1.10. The molecule has 0 aliphatic heterocycles. The van der Waals surface area contributed by atoms with Crippen LogP contribution in [-0.4, -0.2) is 9.97 Å². The average molecular weight is 318 g/mol. The van der Waals surface area contributed by atoms with Gasteiger partial charge in [-0.2, -0.15) is 0 Å². The molecule has 0 fully saturated rings. The maximum absolute atomic E-state index is 5.69. The lowest BCUT2D eigenvalue weighted by atomic mass is 10.4. The standard InChI is InChI=1S/C11H10BrClN2S/c12-8-2-1-3-10(4-8)16-7-11-14-6-9(5-13)15-11/h1-4,6H,5,7H2,(H,14,15). The van der Waals surface area contributed by atoms with Crippen LogP contribution >= 0.6 is 39.3 Å². The van der Waals surface area contributed by atoms with Crippen molar-refractivity contribution in [3.8, 4) is 0 Å². The van der Waals surface area contributed by atoms with E-state index in [1.807, 2.05) is 12.1 Å². The van der Waals surface area contributed by atoms with E-state index in [2.05, 4.69) is 38.0 Å². The molecular weight excluding hydrogens is 308 g/mol. The molecule has 1 heterocycles. The highest BCUT2D eigenvalue weighted by molar-refractivity contribution is 9.10. The van der Waals surface area contributed by atoms with Gasteiger partial charge in [-0.15, -0.1) is 23.4 Å². The van der Waals surface area contributed by atoms with Gasteiger partial charge >= 0.3 is 0 Å². The number of benzene rings is 1. The Kier molecular flexibility index (Phi) is 4.32. The van der Waals surface area contributed by atoms with Crippen LogP contribution in [0.15, 0.2) is 39.8 Å². The first kappa shape index (κ1) is 12.0. The number of halogens is 2. The molecule has 2 rings (SSSR count). The van der Waals surface area contributed by atoms with Crippen LogP contribution in [-0.2, 0) is 11.6 Å². The second-order valence-corrected chi connectivity index (χ2v) is 5.47. The second-order valence-electron chi connectivity index (χ2n) is 3.23. The second kappa shape index (κ2) is 5.75. The molecule has 1 N–H and O–H groups in total. The number of H-pyrrole nitrogens is 1. The fourth-order valence-electron chi connectivity index (χ4n) is 1.26. The highest BCUT2D eigenvalue weighted by Crippen LogP contribution is 2.24. The van der Waals surface area contributed by atoms with Crippen molar-refractivity contribution in [2.75, 3.05) is 0 Å². The van der Waals surface area contributed by atoms with Crippen LogP contribution in [0.2, 0.25) is 0 Å². The lowest BCUT2D eigenvalue weighted by Gasteiger charge is -1.99. The first-order chi connectivity index (χ1) is 7.78. The molecule has 0 unspecified atom stereocenters. The predicted molar refractivity (Wildman–Crippen MR) is 71.8 cm³/mol. The van der Waals surface area contributed by atoms with E-state index in [1.165, 1.54) is 4.90 Å². The number of rotatable bonds is 4. The molecule has 1 aromatic heterocycles. The van der Waals surface area contributed by atoms with Gasteiger partial charge < -0.3 is 4.98 Å². The summed E-state index contributed by atoms with van der Waals surface area (Å²) >= 11 is 10.9. The fraction of sp³-hybridized carbons (Fsp3) is 0.182. The van der Waals surface area contributed by atoms with Gasteiger partial charge in [-0.3, -0.25) is 0 Å². The number of nitrogens with zero attached hydrogens (tertiary/aromatic N) is 1. The zero-order chi connectivity index (χ0) is 11.4. The third-order valence-electron chi connectivity index (χ3n) is 2.00. The Labute approximate surface area is 112 Å². The molecular formula is C11H10BrClN2S. The Morgan fingerprint density at radius 3 is 3.00 bits per heavy atom. The molecule has 0 saturated carbocycles. The van der Waals surface area contributed by atoms with Crippen LogP contribution in [0.5, 0.6) is 0 Å². The van der Waals surface area contributed by atoms with Crippen molar-refractivity contribution in [1.82, 2.24) is 9.97 Å². The molecule has 0 atom stereocenters.